The molecule has 100 valence electrons. The van der Waals surface area contributed by atoms with Gasteiger partial charge in [-0.2, -0.15) is 0 Å². The van der Waals surface area contributed by atoms with Crippen molar-refractivity contribution in [2.45, 2.75) is 18.8 Å². The van der Waals surface area contributed by atoms with E-state index >= 15 is 0 Å². The van der Waals surface area contributed by atoms with Gasteiger partial charge in [0.1, 0.15) is 0 Å². The summed E-state index contributed by atoms with van der Waals surface area (Å²) in [6, 6.07) is 4.37. The molecule has 0 bridgehead atoms. The van der Waals surface area contributed by atoms with Crippen LogP contribution < -0.4 is 5.32 Å². The van der Waals surface area contributed by atoms with Crippen LogP contribution in [-0.4, -0.2) is 44.3 Å². The first-order chi connectivity index (χ1) is 8.79. The minimum atomic E-state index is -0.344. The van der Waals surface area contributed by atoms with Gasteiger partial charge < -0.3 is 15.0 Å². The Kier molecular flexibility index (Phi) is 5.01. The number of amides is 1. The molecule has 0 aromatic carbocycles. The highest BCUT2D eigenvalue weighted by atomic mass is 32.1. The number of piperidine rings is 1. The second-order valence-electron chi connectivity index (χ2n) is 4.55. The summed E-state index contributed by atoms with van der Waals surface area (Å²) in [5.74, 6) is 0.731. The van der Waals surface area contributed by atoms with Gasteiger partial charge >= 0.3 is 6.09 Å². The first-order valence-corrected chi connectivity index (χ1v) is 7.25. The number of thiophene rings is 1. The summed E-state index contributed by atoms with van der Waals surface area (Å²) >= 11 is 1.86. The van der Waals surface area contributed by atoms with Crippen LogP contribution in [0.1, 0.15) is 23.6 Å². The van der Waals surface area contributed by atoms with Crippen LogP contribution in [-0.2, 0) is 4.74 Å². The predicted molar refractivity (Wildman–Crippen MR) is 73.1 cm³/mol. The summed E-state index contributed by atoms with van der Waals surface area (Å²) in [4.78, 5) is 14.8. The van der Waals surface area contributed by atoms with E-state index in [1.807, 2.05) is 11.3 Å². The van der Waals surface area contributed by atoms with E-state index < -0.39 is 0 Å². The maximum atomic E-state index is 10.9. The predicted octanol–water partition coefficient (Wildman–Crippen LogP) is 2.28. The van der Waals surface area contributed by atoms with E-state index in [1.54, 1.807) is 0 Å². The lowest BCUT2D eigenvalue weighted by Crippen LogP contribution is -2.39. The van der Waals surface area contributed by atoms with Gasteiger partial charge in [0.2, 0.25) is 0 Å². The summed E-state index contributed by atoms with van der Waals surface area (Å²) in [6.07, 6.45) is 2.10. The molecule has 0 radical (unpaired) electrons. The number of methoxy groups -OCH3 is 1. The average molecular weight is 268 g/mol. The van der Waals surface area contributed by atoms with Crippen LogP contribution in [0.4, 0.5) is 4.79 Å². The number of likely N-dealkylation sites (tertiary alicyclic amines) is 1. The molecule has 1 aliphatic heterocycles. The van der Waals surface area contributed by atoms with Gasteiger partial charge in [0.25, 0.3) is 0 Å². The van der Waals surface area contributed by atoms with Crippen LogP contribution in [0, 0.1) is 0 Å². The quantitative estimate of drug-likeness (QED) is 0.911. The van der Waals surface area contributed by atoms with Crippen LogP contribution >= 0.6 is 11.3 Å². The monoisotopic (exact) mass is 268 g/mol. The van der Waals surface area contributed by atoms with Crippen molar-refractivity contribution in [3.05, 3.63) is 22.4 Å². The molecule has 0 spiro atoms. The van der Waals surface area contributed by atoms with E-state index in [0.29, 0.717) is 6.54 Å². The third kappa shape index (κ3) is 3.71. The zero-order valence-electron chi connectivity index (χ0n) is 10.7. The van der Waals surface area contributed by atoms with Crippen molar-refractivity contribution in [1.29, 1.82) is 0 Å². The van der Waals surface area contributed by atoms with Gasteiger partial charge in [-0.25, -0.2) is 4.79 Å². The summed E-state index contributed by atoms with van der Waals surface area (Å²) in [6.45, 7) is 3.81. The second kappa shape index (κ2) is 6.75. The van der Waals surface area contributed by atoms with Gasteiger partial charge in [0.15, 0.2) is 0 Å². The first kappa shape index (κ1) is 13.4. The van der Waals surface area contributed by atoms with E-state index in [0.717, 1.165) is 25.6 Å². The molecule has 1 N–H and O–H groups in total. The zero-order chi connectivity index (χ0) is 12.8. The second-order valence-corrected chi connectivity index (χ2v) is 5.53. The molecule has 1 aliphatic rings. The first-order valence-electron chi connectivity index (χ1n) is 6.37. The number of rotatable bonds is 4. The third-order valence-electron chi connectivity index (χ3n) is 3.42. The molecule has 5 heteroatoms. The number of ether oxygens (including phenoxy) is 1. The van der Waals surface area contributed by atoms with Gasteiger partial charge in [0, 0.05) is 18.0 Å². The van der Waals surface area contributed by atoms with Crippen molar-refractivity contribution in [2.24, 2.45) is 0 Å². The van der Waals surface area contributed by atoms with E-state index in [1.165, 1.54) is 24.8 Å². The highest BCUT2D eigenvalue weighted by Gasteiger charge is 2.20. The number of alkyl carbamates (subject to hydrolysis) is 1. The molecular formula is C13H20N2O2S. The minimum Gasteiger partial charge on any atom is -0.453 e. The topological polar surface area (TPSA) is 41.6 Å². The molecule has 0 atom stereocenters. The molecule has 1 aromatic rings. The Morgan fingerprint density at radius 1 is 1.56 bits per heavy atom. The van der Waals surface area contributed by atoms with Crippen LogP contribution in [0.2, 0.25) is 0 Å². The number of nitrogens with one attached hydrogen (secondary N) is 1. The number of carbonyl (C=O) groups excluding carboxylic acids is 1. The Hall–Kier alpha value is -1.07. The fraction of sp³-hybridized carbons (Fsp3) is 0.615. The molecule has 0 saturated carbocycles. The van der Waals surface area contributed by atoms with Crippen molar-refractivity contribution in [3.8, 4) is 0 Å². The SMILES string of the molecule is COC(=O)NCCN1CCC(c2cccs2)CC1. The molecule has 1 aromatic heterocycles. The molecule has 1 fully saturated rings. The maximum Gasteiger partial charge on any atom is 0.406 e. The lowest BCUT2D eigenvalue weighted by Gasteiger charge is -2.31. The fourth-order valence-corrected chi connectivity index (χ4v) is 3.25. The van der Waals surface area contributed by atoms with Crippen molar-refractivity contribution >= 4 is 17.4 Å². The Bertz CT molecular complexity index is 359. The van der Waals surface area contributed by atoms with Crippen LogP contribution in [0.5, 0.6) is 0 Å². The minimum absolute atomic E-state index is 0.344. The van der Waals surface area contributed by atoms with Gasteiger partial charge in [-0.05, 0) is 43.3 Å². The summed E-state index contributed by atoms with van der Waals surface area (Å²) < 4.78 is 4.54. The summed E-state index contributed by atoms with van der Waals surface area (Å²) in [7, 11) is 1.39. The molecule has 1 saturated heterocycles. The number of hydrogen-bond donors (Lipinski definition) is 1. The third-order valence-corrected chi connectivity index (χ3v) is 4.45. The fourth-order valence-electron chi connectivity index (χ4n) is 2.35. The Morgan fingerprint density at radius 3 is 2.94 bits per heavy atom. The normalized spacial score (nSPS) is 17.6. The van der Waals surface area contributed by atoms with Gasteiger partial charge in [-0.15, -0.1) is 11.3 Å². The molecule has 0 aliphatic carbocycles. The largest absolute Gasteiger partial charge is 0.453 e. The summed E-state index contributed by atoms with van der Waals surface area (Å²) in [5.41, 5.74) is 0. The van der Waals surface area contributed by atoms with Gasteiger partial charge in [0.05, 0.1) is 7.11 Å². The highest BCUT2D eigenvalue weighted by Crippen LogP contribution is 2.30. The number of nitrogens with zero attached hydrogens (tertiary/aromatic N) is 1. The van der Waals surface area contributed by atoms with E-state index in [2.05, 4.69) is 32.5 Å². The average Bonchev–Trinajstić information content (AvgIpc) is 2.93. The Morgan fingerprint density at radius 2 is 2.33 bits per heavy atom. The maximum absolute atomic E-state index is 10.9. The smallest absolute Gasteiger partial charge is 0.406 e. The standard InChI is InChI=1S/C13H20N2O2S/c1-17-13(16)14-6-9-15-7-4-11(5-8-15)12-3-2-10-18-12/h2-3,10-11H,4-9H2,1H3,(H,14,16). The number of carbonyl (C=O) groups is 1. The van der Waals surface area contributed by atoms with E-state index in [-0.39, 0.29) is 6.09 Å². The Labute approximate surface area is 112 Å². The molecular weight excluding hydrogens is 248 g/mol. The van der Waals surface area contributed by atoms with Gasteiger partial charge in [-0.3, -0.25) is 0 Å². The molecule has 4 nitrogen and oxygen atoms in total. The van der Waals surface area contributed by atoms with Crippen LogP contribution in [0.15, 0.2) is 17.5 Å². The molecule has 18 heavy (non-hydrogen) atoms. The summed E-state index contributed by atoms with van der Waals surface area (Å²) in [5, 5.41) is 4.87. The van der Waals surface area contributed by atoms with Crippen molar-refractivity contribution in [2.75, 3.05) is 33.3 Å². The highest BCUT2D eigenvalue weighted by molar-refractivity contribution is 7.10. The van der Waals surface area contributed by atoms with Crippen molar-refractivity contribution in [1.82, 2.24) is 10.2 Å². The van der Waals surface area contributed by atoms with Crippen molar-refractivity contribution < 1.29 is 9.53 Å². The van der Waals surface area contributed by atoms with Gasteiger partial charge in [-0.1, -0.05) is 6.07 Å². The van der Waals surface area contributed by atoms with Crippen LogP contribution in [0.3, 0.4) is 0 Å². The lowest BCUT2D eigenvalue weighted by molar-refractivity contribution is 0.165. The Balaban J connectivity index is 1.66. The van der Waals surface area contributed by atoms with E-state index in [9.17, 15) is 4.79 Å². The molecule has 2 heterocycles. The molecule has 1 amide bonds. The zero-order valence-corrected chi connectivity index (χ0v) is 11.5. The lowest BCUT2D eigenvalue weighted by atomic mass is 9.95. The van der Waals surface area contributed by atoms with E-state index in [4.69, 9.17) is 0 Å². The number of hydrogen-bond acceptors (Lipinski definition) is 4. The molecule has 2 rings (SSSR count). The van der Waals surface area contributed by atoms with Crippen LogP contribution in [0.25, 0.3) is 0 Å². The van der Waals surface area contributed by atoms with Crippen molar-refractivity contribution in [3.63, 3.8) is 0 Å². The molecule has 0 unspecified atom stereocenters.